The Bertz CT molecular complexity index is 564. The maximum Gasteiger partial charge on any atom is 0.244 e. The minimum atomic E-state index is -0.533. The van der Waals surface area contributed by atoms with Crippen LogP contribution in [0.4, 0.5) is 0 Å². The van der Waals surface area contributed by atoms with Gasteiger partial charge in [-0.05, 0) is 11.8 Å². The van der Waals surface area contributed by atoms with Crippen LogP contribution in [0.15, 0.2) is 0 Å². The van der Waals surface area contributed by atoms with E-state index >= 15 is 0 Å². The summed E-state index contributed by atoms with van der Waals surface area (Å²) in [6.07, 6.45) is 18.5. The van der Waals surface area contributed by atoms with E-state index in [2.05, 4.69) is 17.6 Å². The summed E-state index contributed by atoms with van der Waals surface area (Å²) >= 11 is 5.40. The van der Waals surface area contributed by atoms with Crippen LogP contribution in [0.25, 0.3) is 0 Å². The molecule has 34 heavy (non-hydrogen) atoms. The van der Waals surface area contributed by atoms with Gasteiger partial charge in [0.05, 0.1) is 11.0 Å². The number of amides is 2. The van der Waals surface area contributed by atoms with Crippen LogP contribution < -0.4 is 16.1 Å². The molecule has 0 aromatic rings. The number of hydrogen-bond donors (Lipinski definition) is 4. The van der Waals surface area contributed by atoms with E-state index in [9.17, 15) is 9.59 Å². The molecular formula is C27H53N3O3S. The Morgan fingerprint density at radius 1 is 0.824 bits per heavy atom. The van der Waals surface area contributed by atoms with E-state index in [1.807, 2.05) is 20.8 Å². The summed E-state index contributed by atoms with van der Waals surface area (Å²) in [6.45, 7) is 8.32. The van der Waals surface area contributed by atoms with Crippen LogP contribution in [0.5, 0.6) is 0 Å². The summed E-state index contributed by atoms with van der Waals surface area (Å²) < 4.78 is 0. The Balaban J connectivity index is 4.25. The van der Waals surface area contributed by atoms with Crippen LogP contribution in [-0.2, 0) is 9.59 Å². The van der Waals surface area contributed by atoms with Gasteiger partial charge in [0, 0.05) is 19.4 Å². The molecule has 0 fully saturated rings. The van der Waals surface area contributed by atoms with Gasteiger partial charge in [0.2, 0.25) is 11.8 Å². The Morgan fingerprint density at radius 3 is 1.65 bits per heavy atom. The highest BCUT2D eigenvalue weighted by molar-refractivity contribution is 7.80. The summed E-state index contributed by atoms with van der Waals surface area (Å²) in [4.78, 5) is 25.3. The molecule has 0 radical (unpaired) electrons. The lowest BCUT2D eigenvalue weighted by Crippen LogP contribution is -2.53. The first-order valence-corrected chi connectivity index (χ1v) is 14.0. The number of likely N-dealkylation sites (N-methyl/N-ethyl adjacent to an activating group) is 1. The van der Waals surface area contributed by atoms with Gasteiger partial charge in [-0.25, -0.2) is 5.48 Å². The SMILES string of the molecule is CCCCCCCCCCCCCCCC[C@H](CC(=O)NO)C(=O)N[C@H](C(=S)NC)C(C)(C)C. The first-order valence-electron chi connectivity index (χ1n) is 13.6. The summed E-state index contributed by atoms with van der Waals surface area (Å²) in [6, 6.07) is -0.323. The van der Waals surface area contributed by atoms with Gasteiger partial charge in [0.25, 0.3) is 0 Å². The second-order valence-corrected chi connectivity index (χ2v) is 11.2. The van der Waals surface area contributed by atoms with Crippen LogP contribution in [0.2, 0.25) is 0 Å². The van der Waals surface area contributed by atoms with Crippen LogP contribution in [0.1, 0.15) is 130 Å². The van der Waals surface area contributed by atoms with Gasteiger partial charge < -0.3 is 10.6 Å². The summed E-state index contributed by atoms with van der Waals surface area (Å²) in [5.41, 5.74) is 1.41. The van der Waals surface area contributed by atoms with Crippen molar-refractivity contribution < 1.29 is 14.8 Å². The van der Waals surface area contributed by atoms with Crippen LogP contribution in [0.3, 0.4) is 0 Å². The molecule has 0 bridgehead atoms. The van der Waals surface area contributed by atoms with Crippen molar-refractivity contribution in [3.63, 3.8) is 0 Å². The molecule has 0 rings (SSSR count). The quantitative estimate of drug-likeness (QED) is 0.0669. The highest BCUT2D eigenvalue weighted by Crippen LogP contribution is 2.22. The molecule has 0 unspecified atom stereocenters. The fourth-order valence-corrected chi connectivity index (χ4v) is 4.67. The smallest absolute Gasteiger partial charge is 0.244 e. The maximum absolute atomic E-state index is 13.0. The van der Waals surface area contributed by atoms with E-state index in [-0.39, 0.29) is 23.8 Å². The zero-order chi connectivity index (χ0) is 25.8. The second-order valence-electron chi connectivity index (χ2n) is 10.7. The van der Waals surface area contributed by atoms with Gasteiger partial charge in [-0.15, -0.1) is 0 Å². The standard InChI is InChI=1S/C27H53N3O3S/c1-6-7-8-9-10-11-12-13-14-15-16-17-18-19-20-22(21-23(31)30-33)25(32)29-24(26(34)28-5)27(2,3)4/h22,24,33H,6-21H2,1-5H3,(H,28,34)(H,29,32)(H,30,31)/t22-,24-/m1/s1. The Hall–Kier alpha value is -1.21. The van der Waals surface area contributed by atoms with Crippen molar-refractivity contribution >= 4 is 29.0 Å². The van der Waals surface area contributed by atoms with Gasteiger partial charge >= 0.3 is 0 Å². The molecule has 200 valence electrons. The Labute approximate surface area is 214 Å². The number of unbranched alkanes of at least 4 members (excludes halogenated alkanes) is 13. The minimum absolute atomic E-state index is 0.0239. The van der Waals surface area contributed by atoms with Crippen molar-refractivity contribution in [3.05, 3.63) is 0 Å². The third-order valence-electron chi connectivity index (χ3n) is 6.49. The number of rotatable bonds is 20. The molecule has 4 N–H and O–H groups in total. The molecule has 0 aliphatic heterocycles. The van der Waals surface area contributed by atoms with Gasteiger partial charge in [-0.3, -0.25) is 14.8 Å². The highest BCUT2D eigenvalue weighted by Gasteiger charge is 2.32. The molecule has 0 aromatic carbocycles. The zero-order valence-electron chi connectivity index (χ0n) is 22.6. The molecule has 2 amide bonds. The van der Waals surface area contributed by atoms with Gasteiger partial charge in [0.1, 0.15) is 0 Å². The maximum atomic E-state index is 13.0. The number of carbonyl (C=O) groups is 2. The average molecular weight is 500 g/mol. The van der Waals surface area contributed by atoms with E-state index in [4.69, 9.17) is 17.4 Å². The lowest BCUT2D eigenvalue weighted by Gasteiger charge is -2.33. The zero-order valence-corrected chi connectivity index (χ0v) is 23.5. The normalized spacial score (nSPS) is 13.2. The van der Waals surface area contributed by atoms with Gasteiger partial charge in [-0.1, -0.05) is 130 Å². The van der Waals surface area contributed by atoms with E-state index in [1.165, 1.54) is 70.6 Å². The van der Waals surface area contributed by atoms with Crippen molar-refractivity contribution in [2.45, 2.75) is 136 Å². The third-order valence-corrected chi connectivity index (χ3v) is 6.93. The molecule has 0 spiro atoms. The molecular weight excluding hydrogens is 446 g/mol. The number of carbonyl (C=O) groups excluding carboxylic acids is 2. The van der Waals surface area contributed by atoms with Gasteiger partial charge in [-0.2, -0.15) is 0 Å². The molecule has 2 atom stereocenters. The molecule has 7 heteroatoms. The van der Waals surface area contributed by atoms with Gasteiger partial charge in [0.15, 0.2) is 0 Å². The van der Waals surface area contributed by atoms with E-state index in [0.29, 0.717) is 11.4 Å². The van der Waals surface area contributed by atoms with Crippen LogP contribution in [0, 0.1) is 11.3 Å². The summed E-state index contributed by atoms with van der Waals surface area (Å²) in [7, 11) is 1.75. The molecule has 0 saturated heterocycles. The fourth-order valence-electron chi connectivity index (χ4n) is 4.26. The van der Waals surface area contributed by atoms with Crippen molar-refractivity contribution in [2.24, 2.45) is 11.3 Å². The molecule has 0 aromatic heterocycles. The van der Waals surface area contributed by atoms with E-state index in [1.54, 1.807) is 12.5 Å². The van der Waals surface area contributed by atoms with Crippen molar-refractivity contribution in [3.8, 4) is 0 Å². The Morgan fingerprint density at radius 2 is 1.26 bits per heavy atom. The molecule has 0 aliphatic carbocycles. The number of nitrogens with one attached hydrogen (secondary N) is 3. The first-order chi connectivity index (χ1) is 16.2. The monoisotopic (exact) mass is 499 g/mol. The predicted octanol–water partition coefficient (Wildman–Crippen LogP) is 6.45. The topological polar surface area (TPSA) is 90.5 Å². The fraction of sp³-hybridized carbons (Fsp3) is 0.889. The molecule has 0 saturated carbocycles. The average Bonchev–Trinajstić information content (AvgIpc) is 2.80. The first kappa shape index (κ1) is 32.8. The van der Waals surface area contributed by atoms with Crippen molar-refractivity contribution in [1.29, 1.82) is 0 Å². The number of hydrogen-bond acceptors (Lipinski definition) is 4. The van der Waals surface area contributed by atoms with Crippen LogP contribution in [-0.4, -0.2) is 35.1 Å². The predicted molar refractivity (Wildman–Crippen MR) is 146 cm³/mol. The molecule has 0 aliphatic rings. The summed E-state index contributed by atoms with van der Waals surface area (Å²) in [5.74, 6) is -1.20. The van der Waals surface area contributed by atoms with E-state index in [0.717, 1.165) is 19.3 Å². The third kappa shape index (κ3) is 16.4. The highest BCUT2D eigenvalue weighted by atomic mass is 32.1. The number of thiocarbonyl (C=S) groups is 1. The van der Waals surface area contributed by atoms with E-state index < -0.39 is 11.8 Å². The minimum Gasteiger partial charge on any atom is -0.381 e. The lowest BCUT2D eigenvalue weighted by atomic mass is 9.85. The molecule has 0 heterocycles. The largest absolute Gasteiger partial charge is 0.381 e. The van der Waals surface area contributed by atoms with Crippen LogP contribution >= 0.6 is 12.2 Å². The number of hydroxylamine groups is 1. The van der Waals surface area contributed by atoms with Crippen molar-refractivity contribution in [2.75, 3.05) is 7.05 Å². The van der Waals surface area contributed by atoms with Crippen molar-refractivity contribution in [1.82, 2.24) is 16.1 Å². The Kier molecular flexibility index (Phi) is 19.3. The lowest BCUT2D eigenvalue weighted by molar-refractivity contribution is -0.135. The molecule has 6 nitrogen and oxygen atoms in total. The summed E-state index contributed by atoms with van der Waals surface area (Å²) in [5, 5.41) is 14.9. The second kappa shape index (κ2) is 20.0.